The first kappa shape index (κ1) is 24.0. The molecule has 1 amide bonds. The lowest BCUT2D eigenvalue weighted by Gasteiger charge is -2.42. The van der Waals surface area contributed by atoms with E-state index < -0.39 is 0 Å². The molecule has 3 aromatic carbocycles. The van der Waals surface area contributed by atoms with Crippen molar-refractivity contribution in [2.45, 2.75) is 51.3 Å². The van der Waals surface area contributed by atoms with E-state index in [1.807, 2.05) is 0 Å². The number of rotatable bonds is 6. The van der Waals surface area contributed by atoms with Crippen molar-refractivity contribution in [1.82, 2.24) is 9.80 Å². The first-order valence-electron chi connectivity index (χ1n) is 14.3. The number of hydrogen-bond donors (Lipinski definition) is 0. The molecule has 6 heteroatoms. The van der Waals surface area contributed by atoms with Gasteiger partial charge in [0.15, 0.2) is 0 Å². The summed E-state index contributed by atoms with van der Waals surface area (Å²) in [7, 11) is 0. The third-order valence-electron chi connectivity index (χ3n) is 9.10. The highest BCUT2D eigenvalue weighted by atomic mass is 16.6. The Bertz CT molecular complexity index is 1360. The van der Waals surface area contributed by atoms with E-state index in [4.69, 9.17) is 9.47 Å². The van der Waals surface area contributed by atoms with Crippen molar-refractivity contribution >= 4 is 22.6 Å². The lowest BCUT2D eigenvalue weighted by molar-refractivity contribution is 0.0255. The molecule has 1 aliphatic carbocycles. The summed E-state index contributed by atoms with van der Waals surface area (Å²) >= 11 is 0. The summed E-state index contributed by atoms with van der Waals surface area (Å²) in [5.74, 6) is 0. The number of ether oxygens (including phenoxy) is 2. The Balaban J connectivity index is 0.996. The largest absolute Gasteiger partial charge is 0.448 e. The number of nitrogens with zero attached hydrogens (tertiary/aromatic N) is 3. The number of amides is 1. The third-order valence-corrected chi connectivity index (χ3v) is 9.10. The quantitative estimate of drug-likeness (QED) is 0.461. The van der Waals surface area contributed by atoms with E-state index in [2.05, 4.69) is 65.3 Å². The molecule has 0 N–H and O–H groups in total. The second-order valence-corrected chi connectivity index (χ2v) is 11.4. The van der Waals surface area contributed by atoms with Crippen LogP contribution in [-0.2, 0) is 35.3 Å². The Hall–Kier alpha value is -3.09. The first-order chi connectivity index (χ1) is 18.6. The summed E-state index contributed by atoms with van der Waals surface area (Å²) in [5, 5.41) is 2.95. The van der Waals surface area contributed by atoms with Crippen LogP contribution in [-0.4, -0.2) is 67.9 Å². The molecular formula is C32H37N3O3. The second-order valence-electron chi connectivity index (χ2n) is 11.4. The number of fused-ring (bicyclic) bond motifs is 1. The van der Waals surface area contributed by atoms with E-state index in [-0.39, 0.29) is 12.2 Å². The molecule has 0 aromatic heterocycles. The van der Waals surface area contributed by atoms with Crippen LogP contribution in [0.3, 0.4) is 0 Å². The molecule has 7 rings (SSSR count). The van der Waals surface area contributed by atoms with Gasteiger partial charge in [-0.1, -0.05) is 42.5 Å². The fraction of sp³-hybridized carbons (Fsp3) is 0.469. The monoisotopic (exact) mass is 511 g/mol. The number of aryl methyl sites for hydroxylation is 2. The van der Waals surface area contributed by atoms with Gasteiger partial charge in [-0.15, -0.1) is 0 Å². The highest BCUT2D eigenvalue weighted by molar-refractivity contribution is 5.99. The molecule has 6 nitrogen and oxygen atoms in total. The molecule has 3 heterocycles. The van der Waals surface area contributed by atoms with Crippen LogP contribution < -0.4 is 4.90 Å². The zero-order valence-corrected chi connectivity index (χ0v) is 22.3. The molecule has 2 fully saturated rings. The smallest absolute Gasteiger partial charge is 0.410 e. The Morgan fingerprint density at radius 2 is 1.82 bits per heavy atom. The van der Waals surface area contributed by atoms with E-state index in [1.54, 1.807) is 4.90 Å². The predicted molar refractivity (Wildman–Crippen MR) is 150 cm³/mol. The van der Waals surface area contributed by atoms with Crippen LogP contribution in [0.25, 0.3) is 10.8 Å². The fourth-order valence-electron chi connectivity index (χ4n) is 7.05. The molecule has 0 spiro atoms. The van der Waals surface area contributed by atoms with Gasteiger partial charge in [-0.3, -0.25) is 4.90 Å². The van der Waals surface area contributed by atoms with Gasteiger partial charge in [0.2, 0.25) is 0 Å². The average molecular weight is 512 g/mol. The van der Waals surface area contributed by atoms with Gasteiger partial charge in [0.25, 0.3) is 0 Å². The molecule has 4 aliphatic rings. The topological polar surface area (TPSA) is 45.2 Å². The van der Waals surface area contributed by atoms with E-state index in [0.29, 0.717) is 25.7 Å². The summed E-state index contributed by atoms with van der Waals surface area (Å²) in [6.45, 7) is 9.18. The van der Waals surface area contributed by atoms with Crippen molar-refractivity contribution in [2.75, 3.05) is 50.8 Å². The minimum Gasteiger partial charge on any atom is -0.448 e. The summed E-state index contributed by atoms with van der Waals surface area (Å²) in [6, 6.07) is 18.8. The van der Waals surface area contributed by atoms with E-state index in [9.17, 15) is 4.79 Å². The van der Waals surface area contributed by atoms with Crippen LogP contribution in [0.2, 0.25) is 0 Å². The Morgan fingerprint density at radius 3 is 2.66 bits per heavy atom. The Labute approximate surface area is 225 Å². The number of piperazine rings is 1. The number of carbonyl (C=O) groups is 1. The summed E-state index contributed by atoms with van der Waals surface area (Å²) < 4.78 is 11.4. The zero-order valence-electron chi connectivity index (χ0n) is 22.3. The van der Waals surface area contributed by atoms with Crippen molar-refractivity contribution in [3.63, 3.8) is 0 Å². The van der Waals surface area contributed by atoms with Gasteiger partial charge in [0, 0.05) is 49.8 Å². The maximum absolute atomic E-state index is 11.8. The molecule has 3 aliphatic heterocycles. The van der Waals surface area contributed by atoms with Crippen molar-refractivity contribution < 1.29 is 14.3 Å². The second kappa shape index (κ2) is 9.90. The van der Waals surface area contributed by atoms with Crippen molar-refractivity contribution in [3.05, 3.63) is 76.3 Å². The van der Waals surface area contributed by atoms with Gasteiger partial charge in [0.1, 0.15) is 6.61 Å². The fourth-order valence-corrected chi connectivity index (χ4v) is 7.05. The minimum absolute atomic E-state index is 0.145. The van der Waals surface area contributed by atoms with Gasteiger partial charge in [-0.2, -0.15) is 0 Å². The van der Waals surface area contributed by atoms with Crippen LogP contribution in [0.4, 0.5) is 10.5 Å². The number of cyclic esters (lactones) is 1. The molecule has 0 radical (unpaired) electrons. The van der Waals surface area contributed by atoms with Crippen LogP contribution in [0.5, 0.6) is 0 Å². The summed E-state index contributed by atoms with van der Waals surface area (Å²) in [6.07, 6.45) is 4.25. The van der Waals surface area contributed by atoms with E-state index >= 15 is 0 Å². The van der Waals surface area contributed by atoms with Crippen LogP contribution in [0, 0.1) is 0 Å². The molecule has 198 valence electrons. The Morgan fingerprint density at radius 1 is 0.921 bits per heavy atom. The normalized spacial score (nSPS) is 23.2. The molecule has 3 aromatic rings. The number of hydrogen-bond acceptors (Lipinski definition) is 5. The number of anilines is 1. The van der Waals surface area contributed by atoms with E-state index in [1.165, 1.54) is 57.1 Å². The van der Waals surface area contributed by atoms with Gasteiger partial charge in [0.05, 0.1) is 19.3 Å². The molecule has 0 saturated carbocycles. The third kappa shape index (κ3) is 4.34. The molecule has 2 atom stereocenters. The highest BCUT2D eigenvalue weighted by Gasteiger charge is 2.29. The van der Waals surface area contributed by atoms with E-state index in [0.717, 1.165) is 45.6 Å². The lowest BCUT2D eigenvalue weighted by Crippen LogP contribution is -2.52. The van der Waals surface area contributed by atoms with Crippen molar-refractivity contribution in [1.29, 1.82) is 0 Å². The SMILES string of the molecule is C[C@@H]1CN(c2ccc3c4c(cccc24)CC3)CCN1CC[C@@H]1OCCc2cc(CN3CCOC3=O)ccc21. The Kier molecular flexibility index (Phi) is 6.25. The minimum atomic E-state index is -0.202. The van der Waals surface area contributed by atoms with Crippen LogP contribution >= 0.6 is 0 Å². The van der Waals surface area contributed by atoms with Crippen LogP contribution in [0.1, 0.15) is 47.3 Å². The maximum atomic E-state index is 11.8. The standard InChI is InChI=1S/C32H37N3O3/c1-22-20-34(29-10-8-25-7-6-24-3-2-4-28(29)31(24)25)15-14-33(22)13-11-30-27-9-5-23(19-26(27)12-17-37-30)21-35-16-18-38-32(35)36/h2-5,8-10,19,22,30H,6-7,11-18,20-21H2,1H3/t22-,30+/m1/s1. The lowest BCUT2D eigenvalue weighted by atomic mass is 9.93. The van der Waals surface area contributed by atoms with Gasteiger partial charge in [-0.25, -0.2) is 4.79 Å². The highest BCUT2D eigenvalue weighted by Crippen LogP contribution is 2.37. The molecule has 0 unspecified atom stereocenters. The summed E-state index contributed by atoms with van der Waals surface area (Å²) in [5.41, 5.74) is 8.31. The van der Waals surface area contributed by atoms with Crippen molar-refractivity contribution in [3.8, 4) is 0 Å². The summed E-state index contributed by atoms with van der Waals surface area (Å²) in [4.78, 5) is 18.9. The average Bonchev–Trinajstić information content (AvgIpc) is 3.55. The zero-order chi connectivity index (χ0) is 25.6. The van der Waals surface area contributed by atoms with Crippen LogP contribution in [0.15, 0.2) is 48.5 Å². The predicted octanol–water partition coefficient (Wildman–Crippen LogP) is 5.11. The van der Waals surface area contributed by atoms with Gasteiger partial charge < -0.3 is 19.3 Å². The number of benzene rings is 3. The molecule has 2 saturated heterocycles. The number of carbonyl (C=O) groups excluding carboxylic acids is 1. The van der Waals surface area contributed by atoms with Crippen molar-refractivity contribution in [2.24, 2.45) is 0 Å². The maximum Gasteiger partial charge on any atom is 0.410 e. The molecular weight excluding hydrogens is 474 g/mol. The molecule has 0 bridgehead atoms. The molecule has 38 heavy (non-hydrogen) atoms. The van der Waals surface area contributed by atoms with Gasteiger partial charge in [-0.05, 0) is 71.9 Å². The first-order valence-corrected chi connectivity index (χ1v) is 14.3. The van der Waals surface area contributed by atoms with Gasteiger partial charge >= 0.3 is 6.09 Å².